The third-order valence-corrected chi connectivity index (χ3v) is 9.96. The first kappa shape index (κ1) is 30.0. The summed E-state index contributed by atoms with van der Waals surface area (Å²) in [6, 6.07) is 55.2. The van der Waals surface area contributed by atoms with Gasteiger partial charge >= 0.3 is 0 Å². The standard InChI is InChI=1S/C47H33N5/c1-5-16-32(17-6-1)42-31-35-28-29-40-39-26-13-14-27-41(39)52(44(40)43(35)51(42)37-23-11-4-12-24-37)38-25-15-22-36(30-38)47-49-45(33-18-7-2-8-19-33)48-46(50-47)34-20-9-3-10-21-34/h2-5,7-31H,1,6H2. The third-order valence-electron chi connectivity index (χ3n) is 9.96. The Morgan fingerprint density at radius 1 is 0.442 bits per heavy atom. The van der Waals surface area contributed by atoms with Gasteiger partial charge in [0.2, 0.25) is 0 Å². The van der Waals surface area contributed by atoms with E-state index in [-0.39, 0.29) is 0 Å². The van der Waals surface area contributed by atoms with E-state index in [1.54, 1.807) is 0 Å². The lowest BCUT2D eigenvalue weighted by Gasteiger charge is -2.16. The Morgan fingerprint density at radius 3 is 1.75 bits per heavy atom. The van der Waals surface area contributed by atoms with E-state index < -0.39 is 0 Å². The number of hydrogen-bond donors (Lipinski definition) is 0. The topological polar surface area (TPSA) is 48.5 Å². The lowest BCUT2D eigenvalue weighted by Crippen LogP contribution is -2.03. The van der Waals surface area contributed by atoms with Gasteiger partial charge in [-0.3, -0.25) is 0 Å². The number of hydrogen-bond acceptors (Lipinski definition) is 3. The van der Waals surface area contributed by atoms with Crippen LogP contribution in [0, 0.1) is 0 Å². The van der Waals surface area contributed by atoms with Gasteiger partial charge in [-0.25, -0.2) is 15.0 Å². The van der Waals surface area contributed by atoms with E-state index in [9.17, 15) is 0 Å². The molecular weight excluding hydrogens is 635 g/mol. The normalized spacial score (nSPS) is 12.9. The molecule has 246 valence electrons. The Hall–Kier alpha value is -6.85. The summed E-state index contributed by atoms with van der Waals surface area (Å²) in [6.07, 6.45) is 9.04. The number of nitrogens with zero attached hydrogens (tertiary/aromatic N) is 5. The van der Waals surface area contributed by atoms with E-state index in [1.807, 2.05) is 60.7 Å². The monoisotopic (exact) mass is 667 g/mol. The molecule has 0 aliphatic heterocycles. The van der Waals surface area contributed by atoms with Crippen LogP contribution in [-0.4, -0.2) is 24.1 Å². The first-order valence-electron chi connectivity index (χ1n) is 17.8. The van der Waals surface area contributed by atoms with Gasteiger partial charge in [-0.05, 0) is 54.8 Å². The highest BCUT2D eigenvalue weighted by Crippen LogP contribution is 2.41. The smallest absolute Gasteiger partial charge is 0.164 e. The molecule has 9 aromatic rings. The summed E-state index contributed by atoms with van der Waals surface area (Å²) in [7, 11) is 0. The van der Waals surface area contributed by atoms with E-state index in [4.69, 9.17) is 15.0 Å². The predicted molar refractivity (Wildman–Crippen MR) is 214 cm³/mol. The van der Waals surface area contributed by atoms with Crippen LogP contribution in [0.2, 0.25) is 0 Å². The summed E-state index contributed by atoms with van der Waals surface area (Å²) in [6.45, 7) is 0. The molecule has 0 radical (unpaired) electrons. The van der Waals surface area contributed by atoms with Crippen LogP contribution >= 0.6 is 0 Å². The molecule has 0 fully saturated rings. The first-order valence-corrected chi connectivity index (χ1v) is 17.8. The molecule has 0 spiro atoms. The molecule has 0 saturated carbocycles. The summed E-state index contributed by atoms with van der Waals surface area (Å²) in [5.74, 6) is 1.92. The lowest BCUT2D eigenvalue weighted by atomic mass is 10.0. The second-order valence-electron chi connectivity index (χ2n) is 13.2. The van der Waals surface area contributed by atoms with E-state index in [2.05, 4.69) is 124 Å². The van der Waals surface area contributed by atoms with Crippen molar-refractivity contribution < 1.29 is 0 Å². The van der Waals surface area contributed by atoms with Crippen molar-refractivity contribution in [3.05, 3.63) is 182 Å². The molecule has 52 heavy (non-hydrogen) atoms. The zero-order valence-corrected chi connectivity index (χ0v) is 28.4. The summed E-state index contributed by atoms with van der Waals surface area (Å²) >= 11 is 0. The minimum atomic E-state index is 0.631. The van der Waals surface area contributed by atoms with Crippen molar-refractivity contribution in [1.29, 1.82) is 0 Å². The molecule has 0 saturated heterocycles. The maximum absolute atomic E-state index is 5.06. The SMILES string of the molecule is C1=CC(c2cc3ccc4c5ccccc5n(-c5cccc(-c6nc(-c7ccccc7)nc(-c7ccccc7)n6)c5)c4c3n2-c2ccccc2)=CCC1. The molecule has 0 N–H and O–H groups in total. The fourth-order valence-corrected chi connectivity index (χ4v) is 7.59. The second-order valence-corrected chi connectivity index (χ2v) is 13.2. The minimum absolute atomic E-state index is 0.631. The van der Waals surface area contributed by atoms with Crippen LogP contribution in [-0.2, 0) is 0 Å². The van der Waals surface area contributed by atoms with Gasteiger partial charge in [0.1, 0.15) is 0 Å². The fourth-order valence-electron chi connectivity index (χ4n) is 7.59. The van der Waals surface area contributed by atoms with Crippen molar-refractivity contribution in [1.82, 2.24) is 24.1 Å². The van der Waals surface area contributed by atoms with Crippen molar-refractivity contribution in [3.63, 3.8) is 0 Å². The third kappa shape index (κ3) is 5.05. The van der Waals surface area contributed by atoms with Gasteiger partial charge in [0.25, 0.3) is 0 Å². The van der Waals surface area contributed by atoms with E-state index in [1.165, 1.54) is 32.9 Å². The van der Waals surface area contributed by atoms with Gasteiger partial charge in [-0.2, -0.15) is 0 Å². The van der Waals surface area contributed by atoms with Crippen LogP contribution < -0.4 is 0 Å². The molecule has 1 aliphatic carbocycles. The predicted octanol–water partition coefficient (Wildman–Crippen LogP) is 11.6. The highest BCUT2D eigenvalue weighted by Gasteiger charge is 2.22. The van der Waals surface area contributed by atoms with Crippen LogP contribution in [0.3, 0.4) is 0 Å². The van der Waals surface area contributed by atoms with Crippen molar-refractivity contribution in [3.8, 4) is 45.5 Å². The molecule has 10 rings (SSSR count). The van der Waals surface area contributed by atoms with Crippen LogP contribution in [0.4, 0.5) is 0 Å². The van der Waals surface area contributed by atoms with Crippen LogP contribution in [0.1, 0.15) is 18.5 Å². The zero-order valence-electron chi connectivity index (χ0n) is 28.4. The van der Waals surface area contributed by atoms with Gasteiger partial charge in [0, 0.05) is 44.2 Å². The average molecular weight is 668 g/mol. The molecule has 6 aromatic carbocycles. The summed E-state index contributed by atoms with van der Waals surface area (Å²) in [4.78, 5) is 15.0. The summed E-state index contributed by atoms with van der Waals surface area (Å²) in [5, 5.41) is 3.62. The van der Waals surface area contributed by atoms with Crippen molar-refractivity contribution in [2.24, 2.45) is 0 Å². The van der Waals surface area contributed by atoms with Crippen LogP contribution in [0.5, 0.6) is 0 Å². The van der Waals surface area contributed by atoms with Crippen molar-refractivity contribution >= 4 is 38.3 Å². The average Bonchev–Trinajstić information content (AvgIpc) is 3.79. The molecule has 5 heteroatoms. The fraction of sp³-hybridized carbons (Fsp3) is 0.0426. The Labute approximate surface area is 301 Å². The molecule has 3 heterocycles. The van der Waals surface area contributed by atoms with Gasteiger partial charge in [-0.15, -0.1) is 0 Å². The van der Waals surface area contributed by atoms with Gasteiger partial charge in [0.05, 0.1) is 22.2 Å². The van der Waals surface area contributed by atoms with E-state index >= 15 is 0 Å². The number of allylic oxidation sites excluding steroid dienone is 4. The van der Waals surface area contributed by atoms with Crippen LogP contribution in [0.25, 0.3) is 83.8 Å². The molecule has 1 aliphatic rings. The molecule has 3 aromatic heterocycles. The van der Waals surface area contributed by atoms with E-state index in [0.717, 1.165) is 51.9 Å². The Kier molecular flexibility index (Phi) is 7.21. The molecular formula is C47H33N5. The Morgan fingerprint density at radius 2 is 1.06 bits per heavy atom. The highest BCUT2D eigenvalue weighted by atomic mass is 15.1. The first-order chi connectivity index (χ1) is 25.8. The zero-order chi connectivity index (χ0) is 34.4. The number of aromatic nitrogens is 5. The molecule has 5 nitrogen and oxygen atoms in total. The maximum atomic E-state index is 5.06. The van der Waals surface area contributed by atoms with E-state index in [0.29, 0.717) is 17.5 Å². The second kappa shape index (κ2) is 12.5. The van der Waals surface area contributed by atoms with Crippen molar-refractivity contribution in [2.75, 3.05) is 0 Å². The molecule has 0 bridgehead atoms. The van der Waals surface area contributed by atoms with Crippen molar-refractivity contribution in [2.45, 2.75) is 12.8 Å². The number of para-hydroxylation sites is 2. The molecule has 0 unspecified atom stereocenters. The number of benzene rings is 6. The van der Waals surface area contributed by atoms with Gasteiger partial charge in [-0.1, -0.05) is 140 Å². The molecule has 0 atom stereocenters. The number of rotatable bonds is 6. The largest absolute Gasteiger partial charge is 0.307 e. The van der Waals surface area contributed by atoms with Crippen LogP contribution in [0.15, 0.2) is 176 Å². The summed E-state index contributed by atoms with van der Waals surface area (Å²) < 4.78 is 4.87. The maximum Gasteiger partial charge on any atom is 0.164 e. The lowest BCUT2D eigenvalue weighted by molar-refractivity contribution is 1.03. The summed E-state index contributed by atoms with van der Waals surface area (Å²) in [5.41, 5.74) is 10.9. The quantitative estimate of drug-likeness (QED) is 0.177. The number of fused-ring (bicyclic) bond motifs is 5. The molecule has 0 amide bonds. The highest BCUT2D eigenvalue weighted by molar-refractivity contribution is 6.18. The van der Waals surface area contributed by atoms with Gasteiger partial charge < -0.3 is 9.13 Å². The minimum Gasteiger partial charge on any atom is -0.307 e. The van der Waals surface area contributed by atoms with Gasteiger partial charge in [0.15, 0.2) is 17.5 Å². The Balaban J connectivity index is 1.25. The Bertz CT molecular complexity index is 2770.